The fraction of sp³-hybridized carbons (Fsp3) is 0.500. The lowest BCUT2D eigenvalue weighted by Crippen LogP contribution is -2.26. The standard InChI is InChI=1S/C14H20ClNO2/c1-5-6-16-13(17)8-11-10(3)14(15)9(2)7-12(11)18-4/h7H,5-6,8H2,1-4H3,(H,16,17). The van der Waals surface area contributed by atoms with Crippen molar-refractivity contribution in [3.63, 3.8) is 0 Å². The Morgan fingerprint density at radius 1 is 1.44 bits per heavy atom. The molecule has 0 atom stereocenters. The van der Waals surface area contributed by atoms with Gasteiger partial charge in [-0.2, -0.15) is 0 Å². The summed E-state index contributed by atoms with van der Waals surface area (Å²) in [5.41, 5.74) is 2.74. The zero-order chi connectivity index (χ0) is 13.7. The minimum Gasteiger partial charge on any atom is -0.496 e. The second-order valence-corrected chi connectivity index (χ2v) is 4.72. The minimum atomic E-state index is -0.00169. The third kappa shape index (κ3) is 3.39. The van der Waals surface area contributed by atoms with E-state index in [0.717, 1.165) is 28.9 Å². The van der Waals surface area contributed by atoms with Crippen LogP contribution in [0.3, 0.4) is 0 Å². The molecule has 1 amide bonds. The molecule has 0 saturated carbocycles. The van der Waals surface area contributed by atoms with Crippen LogP contribution in [-0.2, 0) is 11.2 Å². The average molecular weight is 270 g/mol. The lowest BCUT2D eigenvalue weighted by Gasteiger charge is -2.15. The van der Waals surface area contributed by atoms with Crippen molar-refractivity contribution in [2.75, 3.05) is 13.7 Å². The molecule has 0 saturated heterocycles. The van der Waals surface area contributed by atoms with E-state index < -0.39 is 0 Å². The molecule has 3 nitrogen and oxygen atoms in total. The largest absolute Gasteiger partial charge is 0.496 e. The summed E-state index contributed by atoms with van der Waals surface area (Å²) < 4.78 is 5.33. The molecule has 0 spiro atoms. The van der Waals surface area contributed by atoms with E-state index in [1.807, 2.05) is 26.8 Å². The number of ether oxygens (including phenoxy) is 1. The van der Waals surface area contributed by atoms with E-state index in [4.69, 9.17) is 16.3 Å². The van der Waals surface area contributed by atoms with Crippen LogP contribution in [0.25, 0.3) is 0 Å². The van der Waals surface area contributed by atoms with Crippen LogP contribution in [0.5, 0.6) is 5.75 Å². The van der Waals surface area contributed by atoms with Crippen molar-refractivity contribution in [2.45, 2.75) is 33.6 Å². The van der Waals surface area contributed by atoms with Crippen molar-refractivity contribution < 1.29 is 9.53 Å². The first kappa shape index (κ1) is 14.8. The van der Waals surface area contributed by atoms with Crippen LogP contribution in [0, 0.1) is 13.8 Å². The first-order chi connectivity index (χ1) is 8.51. The maximum atomic E-state index is 11.8. The number of benzene rings is 1. The molecule has 0 fully saturated rings. The fourth-order valence-corrected chi connectivity index (χ4v) is 2.02. The first-order valence-electron chi connectivity index (χ1n) is 6.10. The van der Waals surface area contributed by atoms with Crippen molar-refractivity contribution >= 4 is 17.5 Å². The van der Waals surface area contributed by atoms with Gasteiger partial charge in [0.15, 0.2) is 0 Å². The Labute approximate surface area is 113 Å². The number of aryl methyl sites for hydroxylation is 1. The van der Waals surface area contributed by atoms with Gasteiger partial charge in [0.2, 0.25) is 5.91 Å². The number of halogens is 1. The zero-order valence-corrected chi connectivity index (χ0v) is 12.1. The summed E-state index contributed by atoms with van der Waals surface area (Å²) in [5.74, 6) is 0.721. The van der Waals surface area contributed by atoms with Gasteiger partial charge in [-0.1, -0.05) is 18.5 Å². The summed E-state index contributed by atoms with van der Waals surface area (Å²) in [6.07, 6.45) is 1.23. The zero-order valence-electron chi connectivity index (χ0n) is 11.4. The first-order valence-corrected chi connectivity index (χ1v) is 6.48. The molecule has 0 aliphatic carbocycles. The van der Waals surface area contributed by atoms with E-state index in [0.29, 0.717) is 18.0 Å². The lowest BCUT2D eigenvalue weighted by molar-refractivity contribution is -0.120. The van der Waals surface area contributed by atoms with Gasteiger partial charge < -0.3 is 10.1 Å². The molecule has 100 valence electrons. The number of hydrogen-bond donors (Lipinski definition) is 1. The van der Waals surface area contributed by atoms with E-state index >= 15 is 0 Å². The van der Waals surface area contributed by atoms with Gasteiger partial charge in [-0.25, -0.2) is 0 Å². The Kier molecular flexibility index (Phi) is 5.48. The predicted octanol–water partition coefficient (Wildman–Crippen LogP) is 3.03. The summed E-state index contributed by atoms with van der Waals surface area (Å²) in [6, 6.07) is 1.87. The molecular formula is C14H20ClNO2. The van der Waals surface area contributed by atoms with Crippen LogP contribution in [0.4, 0.5) is 0 Å². The summed E-state index contributed by atoms with van der Waals surface area (Å²) in [5, 5.41) is 3.56. The van der Waals surface area contributed by atoms with E-state index in [1.54, 1.807) is 7.11 Å². The average Bonchev–Trinajstić information content (AvgIpc) is 2.36. The quantitative estimate of drug-likeness (QED) is 0.892. The third-order valence-electron chi connectivity index (χ3n) is 2.90. The minimum absolute atomic E-state index is 0.00169. The van der Waals surface area contributed by atoms with Gasteiger partial charge in [0.05, 0.1) is 13.5 Å². The highest BCUT2D eigenvalue weighted by molar-refractivity contribution is 6.32. The normalized spacial score (nSPS) is 10.3. The fourth-order valence-electron chi connectivity index (χ4n) is 1.85. The van der Waals surface area contributed by atoms with Crippen molar-refractivity contribution in [3.05, 3.63) is 27.8 Å². The smallest absolute Gasteiger partial charge is 0.224 e. The van der Waals surface area contributed by atoms with E-state index in [-0.39, 0.29) is 5.91 Å². The number of nitrogens with one attached hydrogen (secondary N) is 1. The van der Waals surface area contributed by atoms with E-state index in [9.17, 15) is 4.79 Å². The van der Waals surface area contributed by atoms with Crippen LogP contribution >= 0.6 is 11.6 Å². The second-order valence-electron chi connectivity index (χ2n) is 4.34. The van der Waals surface area contributed by atoms with Crippen molar-refractivity contribution in [1.82, 2.24) is 5.32 Å². The molecule has 0 aromatic heterocycles. The number of methoxy groups -OCH3 is 1. The third-order valence-corrected chi connectivity index (χ3v) is 3.48. The van der Waals surface area contributed by atoms with Gasteiger partial charge in [-0.3, -0.25) is 4.79 Å². The molecular weight excluding hydrogens is 250 g/mol. The Bertz CT molecular complexity index is 444. The molecule has 1 N–H and O–H groups in total. The lowest BCUT2D eigenvalue weighted by atomic mass is 10.0. The highest BCUT2D eigenvalue weighted by atomic mass is 35.5. The summed E-state index contributed by atoms with van der Waals surface area (Å²) in [6.45, 7) is 6.56. The molecule has 4 heteroatoms. The Balaban J connectivity index is 3.00. The molecule has 0 aliphatic heterocycles. The molecule has 1 rings (SSSR count). The van der Waals surface area contributed by atoms with Gasteiger partial charge >= 0.3 is 0 Å². The molecule has 0 unspecified atom stereocenters. The van der Waals surface area contributed by atoms with Crippen molar-refractivity contribution in [1.29, 1.82) is 0 Å². The van der Waals surface area contributed by atoms with Gasteiger partial charge in [-0.15, -0.1) is 0 Å². The molecule has 0 bridgehead atoms. The van der Waals surface area contributed by atoms with Crippen molar-refractivity contribution in [3.8, 4) is 5.75 Å². The summed E-state index contributed by atoms with van der Waals surface area (Å²) >= 11 is 6.21. The summed E-state index contributed by atoms with van der Waals surface area (Å²) in [4.78, 5) is 11.8. The van der Waals surface area contributed by atoms with Gasteiger partial charge in [0.25, 0.3) is 0 Å². The number of carbonyl (C=O) groups excluding carboxylic acids is 1. The van der Waals surface area contributed by atoms with Crippen LogP contribution in [0.1, 0.15) is 30.0 Å². The highest BCUT2D eigenvalue weighted by Gasteiger charge is 2.15. The maximum Gasteiger partial charge on any atom is 0.224 e. The van der Waals surface area contributed by atoms with Crippen LogP contribution in [0.2, 0.25) is 5.02 Å². The van der Waals surface area contributed by atoms with E-state index in [1.165, 1.54) is 0 Å². The van der Waals surface area contributed by atoms with Gasteiger partial charge in [0.1, 0.15) is 5.75 Å². The predicted molar refractivity (Wildman–Crippen MR) is 74.5 cm³/mol. The molecule has 1 aromatic rings. The Hall–Kier alpha value is -1.22. The molecule has 0 radical (unpaired) electrons. The maximum absolute atomic E-state index is 11.8. The second kappa shape index (κ2) is 6.64. The number of rotatable bonds is 5. The van der Waals surface area contributed by atoms with Gasteiger partial charge in [0, 0.05) is 17.1 Å². The van der Waals surface area contributed by atoms with Crippen LogP contribution < -0.4 is 10.1 Å². The molecule has 1 aromatic carbocycles. The van der Waals surface area contributed by atoms with Gasteiger partial charge in [-0.05, 0) is 37.5 Å². The van der Waals surface area contributed by atoms with E-state index in [2.05, 4.69) is 5.32 Å². The molecule has 18 heavy (non-hydrogen) atoms. The highest BCUT2D eigenvalue weighted by Crippen LogP contribution is 2.31. The number of carbonyl (C=O) groups is 1. The van der Waals surface area contributed by atoms with Crippen molar-refractivity contribution in [2.24, 2.45) is 0 Å². The molecule has 0 heterocycles. The number of amides is 1. The molecule has 0 aliphatic rings. The monoisotopic (exact) mass is 269 g/mol. The van der Waals surface area contributed by atoms with Crippen LogP contribution in [0.15, 0.2) is 6.07 Å². The number of hydrogen-bond acceptors (Lipinski definition) is 2. The topological polar surface area (TPSA) is 38.3 Å². The summed E-state index contributed by atoms with van der Waals surface area (Å²) in [7, 11) is 1.61. The Morgan fingerprint density at radius 2 is 2.11 bits per heavy atom. The Morgan fingerprint density at radius 3 is 2.67 bits per heavy atom. The van der Waals surface area contributed by atoms with Crippen LogP contribution in [-0.4, -0.2) is 19.6 Å². The SMILES string of the molecule is CCCNC(=O)Cc1c(OC)cc(C)c(Cl)c1C.